The van der Waals surface area contributed by atoms with Gasteiger partial charge in [-0.3, -0.25) is 9.69 Å². The summed E-state index contributed by atoms with van der Waals surface area (Å²) in [4.78, 5) is 17.0. The second kappa shape index (κ2) is 7.16. The normalized spacial score (nSPS) is 21.1. The van der Waals surface area contributed by atoms with Gasteiger partial charge < -0.3 is 25.2 Å². The van der Waals surface area contributed by atoms with Crippen LogP contribution in [0.15, 0.2) is 18.2 Å². The first-order chi connectivity index (χ1) is 11.2. The molecule has 7 nitrogen and oxygen atoms in total. The number of ether oxygens (including phenoxy) is 1. The van der Waals surface area contributed by atoms with Gasteiger partial charge in [0.1, 0.15) is 17.5 Å². The van der Waals surface area contributed by atoms with Crippen LogP contribution in [0.3, 0.4) is 0 Å². The maximum Gasteiger partial charge on any atom is 0.244 e. The average Bonchev–Trinajstić information content (AvgIpc) is 2.59. The van der Waals surface area contributed by atoms with Crippen LogP contribution in [0.4, 0.5) is 0 Å². The molecular weight excluding hydrogens is 298 g/mol. The minimum Gasteiger partial charge on any atom is -0.508 e. The van der Waals surface area contributed by atoms with E-state index >= 15 is 0 Å². The maximum atomic E-state index is 13.1. The molecule has 0 saturated carbocycles. The number of hydrogen-bond donors (Lipinski definition) is 3. The minimum absolute atomic E-state index is 0.00519. The van der Waals surface area contributed by atoms with E-state index < -0.39 is 6.04 Å². The molecule has 2 fully saturated rings. The van der Waals surface area contributed by atoms with Crippen molar-refractivity contribution in [1.29, 1.82) is 0 Å². The van der Waals surface area contributed by atoms with Gasteiger partial charge >= 0.3 is 0 Å². The van der Waals surface area contributed by atoms with Crippen molar-refractivity contribution in [3.63, 3.8) is 0 Å². The van der Waals surface area contributed by atoms with E-state index in [0.717, 1.165) is 13.1 Å². The number of aromatic hydroxyl groups is 2. The predicted molar refractivity (Wildman–Crippen MR) is 84.4 cm³/mol. The van der Waals surface area contributed by atoms with E-state index in [0.29, 0.717) is 45.0 Å². The Bertz CT molecular complexity index is 554. The van der Waals surface area contributed by atoms with E-state index in [2.05, 4.69) is 5.32 Å². The highest BCUT2D eigenvalue weighted by Crippen LogP contribution is 2.33. The van der Waals surface area contributed by atoms with Crippen LogP contribution in [0.1, 0.15) is 11.6 Å². The van der Waals surface area contributed by atoms with Gasteiger partial charge in [0.05, 0.1) is 13.2 Å². The summed E-state index contributed by atoms with van der Waals surface area (Å²) in [5.41, 5.74) is 0.535. The first-order valence-electron chi connectivity index (χ1n) is 8.00. The average molecular weight is 321 g/mol. The first kappa shape index (κ1) is 16.0. The van der Waals surface area contributed by atoms with Gasteiger partial charge in [0.15, 0.2) is 0 Å². The fourth-order valence-corrected chi connectivity index (χ4v) is 3.14. The Morgan fingerprint density at radius 2 is 1.83 bits per heavy atom. The molecule has 1 unspecified atom stereocenters. The fraction of sp³-hybridized carbons (Fsp3) is 0.562. The van der Waals surface area contributed by atoms with E-state index in [9.17, 15) is 15.0 Å². The summed E-state index contributed by atoms with van der Waals surface area (Å²) in [6.45, 7) is 5.32. The summed E-state index contributed by atoms with van der Waals surface area (Å²) in [5.74, 6) is -0.0686. The van der Waals surface area contributed by atoms with Crippen molar-refractivity contribution in [1.82, 2.24) is 15.1 Å². The van der Waals surface area contributed by atoms with Crippen LogP contribution in [0.25, 0.3) is 0 Å². The Kier molecular flexibility index (Phi) is 5.00. The molecule has 0 aromatic heterocycles. The summed E-state index contributed by atoms with van der Waals surface area (Å²) < 4.78 is 5.38. The Balaban J connectivity index is 1.90. The van der Waals surface area contributed by atoms with Crippen LogP contribution < -0.4 is 5.32 Å². The fourth-order valence-electron chi connectivity index (χ4n) is 3.14. The number of nitrogens with zero attached hydrogens (tertiary/aromatic N) is 2. The summed E-state index contributed by atoms with van der Waals surface area (Å²) in [7, 11) is 0. The van der Waals surface area contributed by atoms with Gasteiger partial charge in [0, 0.05) is 50.9 Å². The summed E-state index contributed by atoms with van der Waals surface area (Å²) in [5, 5.41) is 23.0. The molecule has 2 aliphatic rings. The Morgan fingerprint density at radius 1 is 1.13 bits per heavy atom. The number of amides is 1. The number of piperazine rings is 1. The third kappa shape index (κ3) is 3.57. The highest BCUT2D eigenvalue weighted by molar-refractivity contribution is 5.84. The highest BCUT2D eigenvalue weighted by Gasteiger charge is 2.34. The topological polar surface area (TPSA) is 85.3 Å². The summed E-state index contributed by atoms with van der Waals surface area (Å²) in [6.07, 6.45) is 0. The smallest absolute Gasteiger partial charge is 0.244 e. The molecule has 2 saturated heterocycles. The van der Waals surface area contributed by atoms with Gasteiger partial charge in [-0.1, -0.05) is 0 Å². The van der Waals surface area contributed by atoms with Crippen molar-refractivity contribution in [2.45, 2.75) is 6.04 Å². The van der Waals surface area contributed by atoms with E-state index in [-0.39, 0.29) is 17.4 Å². The maximum absolute atomic E-state index is 13.1. The minimum atomic E-state index is -0.544. The molecule has 0 bridgehead atoms. The zero-order valence-electron chi connectivity index (χ0n) is 13.1. The van der Waals surface area contributed by atoms with Gasteiger partial charge in [0.2, 0.25) is 5.91 Å². The number of carbonyl (C=O) groups excluding carboxylic acids is 1. The molecular formula is C16H23N3O4. The number of phenolic OH excluding ortho intramolecular Hbond substituents is 2. The van der Waals surface area contributed by atoms with Crippen LogP contribution in [-0.4, -0.2) is 78.4 Å². The number of nitrogens with one attached hydrogen (secondary N) is 1. The van der Waals surface area contributed by atoms with Crippen molar-refractivity contribution < 1.29 is 19.7 Å². The molecule has 0 radical (unpaired) electrons. The molecule has 2 heterocycles. The Labute approximate surface area is 135 Å². The SMILES string of the molecule is O=C(C(c1ccc(O)cc1O)N1CCOCC1)N1CCNCC1. The summed E-state index contributed by atoms with van der Waals surface area (Å²) in [6, 6.07) is 3.88. The van der Waals surface area contributed by atoms with Crippen LogP contribution >= 0.6 is 0 Å². The van der Waals surface area contributed by atoms with E-state index in [1.54, 1.807) is 6.07 Å². The number of rotatable bonds is 3. The molecule has 1 aromatic carbocycles. The van der Waals surface area contributed by atoms with Gasteiger partial charge in [0.25, 0.3) is 0 Å². The molecule has 0 aliphatic carbocycles. The molecule has 126 valence electrons. The second-order valence-corrected chi connectivity index (χ2v) is 5.87. The number of benzene rings is 1. The van der Waals surface area contributed by atoms with Crippen LogP contribution in [0.2, 0.25) is 0 Å². The van der Waals surface area contributed by atoms with Crippen LogP contribution in [0, 0.1) is 0 Å². The lowest BCUT2D eigenvalue weighted by molar-refractivity contribution is -0.139. The molecule has 3 N–H and O–H groups in total. The van der Waals surface area contributed by atoms with Gasteiger partial charge in [-0.25, -0.2) is 0 Å². The lowest BCUT2D eigenvalue weighted by Crippen LogP contribution is -2.52. The number of morpholine rings is 1. The van der Waals surface area contributed by atoms with E-state index in [4.69, 9.17) is 4.74 Å². The van der Waals surface area contributed by atoms with Gasteiger partial charge in [-0.2, -0.15) is 0 Å². The van der Waals surface area contributed by atoms with Crippen LogP contribution in [0.5, 0.6) is 11.5 Å². The molecule has 2 aliphatic heterocycles. The molecule has 23 heavy (non-hydrogen) atoms. The zero-order chi connectivity index (χ0) is 16.2. The van der Waals surface area contributed by atoms with Gasteiger partial charge in [-0.15, -0.1) is 0 Å². The zero-order valence-corrected chi connectivity index (χ0v) is 13.1. The first-order valence-corrected chi connectivity index (χ1v) is 8.00. The van der Waals surface area contributed by atoms with E-state index in [1.807, 2.05) is 9.80 Å². The molecule has 0 spiro atoms. The Hall–Kier alpha value is -1.83. The predicted octanol–water partition coefficient (Wildman–Crippen LogP) is -0.0971. The van der Waals surface area contributed by atoms with Crippen molar-refractivity contribution in [3.05, 3.63) is 23.8 Å². The lowest BCUT2D eigenvalue weighted by atomic mass is 10.0. The quantitative estimate of drug-likeness (QED) is 0.721. The molecule has 7 heteroatoms. The number of phenols is 2. The molecule has 3 rings (SSSR count). The van der Waals surface area contributed by atoms with Crippen LogP contribution in [-0.2, 0) is 9.53 Å². The number of carbonyl (C=O) groups is 1. The molecule has 1 atom stereocenters. The summed E-state index contributed by atoms with van der Waals surface area (Å²) >= 11 is 0. The van der Waals surface area contributed by atoms with Crippen molar-refractivity contribution in [2.75, 3.05) is 52.5 Å². The van der Waals surface area contributed by atoms with Gasteiger partial charge in [-0.05, 0) is 12.1 Å². The molecule has 1 aromatic rings. The lowest BCUT2D eigenvalue weighted by Gasteiger charge is -2.38. The third-order valence-corrected chi connectivity index (χ3v) is 4.38. The largest absolute Gasteiger partial charge is 0.508 e. The monoisotopic (exact) mass is 321 g/mol. The molecule has 1 amide bonds. The van der Waals surface area contributed by atoms with E-state index in [1.165, 1.54) is 12.1 Å². The Morgan fingerprint density at radius 3 is 2.48 bits per heavy atom. The third-order valence-electron chi connectivity index (χ3n) is 4.38. The highest BCUT2D eigenvalue weighted by atomic mass is 16.5. The second-order valence-electron chi connectivity index (χ2n) is 5.87. The number of hydrogen-bond acceptors (Lipinski definition) is 6. The van der Waals surface area contributed by atoms with Crippen molar-refractivity contribution >= 4 is 5.91 Å². The van der Waals surface area contributed by atoms with Crippen molar-refractivity contribution in [2.24, 2.45) is 0 Å². The standard InChI is InChI=1S/C16H23N3O4/c20-12-1-2-13(14(21)11-12)15(18-7-9-23-10-8-18)16(22)19-5-3-17-4-6-19/h1-2,11,15,17,20-21H,3-10H2. The van der Waals surface area contributed by atoms with Crippen molar-refractivity contribution in [3.8, 4) is 11.5 Å².